The number of imidazole rings is 1. The highest BCUT2D eigenvalue weighted by Gasteiger charge is 2.48. The van der Waals surface area contributed by atoms with Crippen LogP contribution in [0.5, 0.6) is 0 Å². The second-order valence-electron chi connectivity index (χ2n) is 7.21. The highest BCUT2D eigenvalue weighted by atomic mass is 32.4. The van der Waals surface area contributed by atoms with Crippen LogP contribution in [0.1, 0.15) is 33.4 Å². The topological polar surface area (TPSA) is 138 Å². The minimum atomic E-state index is -2.06. The van der Waals surface area contributed by atoms with Crippen LogP contribution in [0, 0.1) is 5.92 Å². The van der Waals surface area contributed by atoms with Gasteiger partial charge in [-0.1, -0.05) is 12.0 Å². The molecule has 0 aromatic carbocycles. The Morgan fingerprint density at radius 1 is 1.58 bits per heavy atom. The molecule has 1 aliphatic heterocycles. The third-order valence-electron chi connectivity index (χ3n) is 4.73. The van der Waals surface area contributed by atoms with Crippen molar-refractivity contribution in [1.82, 2.24) is 24.6 Å². The number of nitrogens with one attached hydrogen (secondary N) is 2. The Morgan fingerprint density at radius 2 is 2.32 bits per heavy atom. The van der Waals surface area contributed by atoms with Gasteiger partial charge in [0.05, 0.1) is 12.9 Å². The summed E-state index contributed by atoms with van der Waals surface area (Å²) < 4.78 is 33.1. The molecule has 2 aromatic rings. The first-order chi connectivity index (χ1) is 14.7. The van der Waals surface area contributed by atoms with Crippen molar-refractivity contribution in [3.63, 3.8) is 0 Å². The molecule has 11 nitrogen and oxygen atoms in total. The van der Waals surface area contributed by atoms with Gasteiger partial charge in [0.15, 0.2) is 23.6 Å². The molecular weight excluding hydrogens is 448 g/mol. The molecular formula is C17H26FN7O4PS+. The van der Waals surface area contributed by atoms with Crippen molar-refractivity contribution in [2.24, 2.45) is 5.92 Å². The smallest absolute Gasteiger partial charge is 0.440 e. The number of carbonyl (C=O) groups is 1. The summed E-state index contributed by atoms with van der Waals surface area (Å²) in [4.78, 5) is 24.3. The summed E-state index contributed by atoms with van der Waals surface area (Å²) in [5.74, 6) is -2.17. The molecule has 0 amide bonds. The lowest BCUT2D eigenvalue weighted by Crippen LogP contribution is -2.33. The van der Waals surface area contributed by atoms with Crippen molar-refractivity contribution in [3.8, 4) is 0 Å². The van der Waals surface area contributed by atoms with E-state index in [4.69, 9.17) is 31.5 Å². The Hall–Kier alpha value is -2.05. The van der Waals surface area contributed by atoms with Crippen LogP contribution in [0.2, 0.25) is 0 Å². The maximum absolute atomic E-state index is 15.4. The molecule has 0 radical (unpaired) electrons. The van der Waals surface area contributed by atoms with Crippen molar-refractivity contribution in [3.05, 3.63) is 6.33 Å². The average Bonchev–Trinajstić information content (AvgIpc) is 3.26. The first-order valence-corrected chi connectivity index (χ1v) is 12.0. The first-order valence-electron chi connectivity index (χ1n) is 9.75. The van der Waals surface area contributed by atoms with Gasteiger partial charge in [0, 0.05) is 19.4 Å². The number of esters is 1. The minimum Gasteiger partial charge on any atom is -0.465 e. The Morgan fingerprint density at radius 3 is 3.00 bits per heavy atom. The molecule has 1 saturated heterocycles. The van der Waals surface area contributed by atoms with Crippen molar-refractivity contribution < 1.29 is 23.2 Å². The second kappa shape index (κ2) is 9.61. The van der Waals surface area contributed by atoms with E-state index < -0.39 is 31.2 Å². The Kier molecular flexibility index (Phi) is 7.32. The quantitative estimate of drug-likeness (QED) is 0.363. The monoisotopic (exact) mass is 474 g/mol. The summed E-state index contributed by atoms with van der Waals surface area (Å²) in [6, 6.07) is -0.654. The van der Waals surface area contributed by atoms with Gasteiger partial charge in [-0.05, 0) is 13.8 Å². The number of fused-ring (bicyclic) bond motifs is 1. The number of carbonyl (C=O) groups excluding carboxylic acids is 1. The Bertz CT molecular complexity index is 979. The fraction of sp³-hybridized carbons (Fsp3) is 0.647. The zero-order valence-corrected chi connectivity index (χ0v) is 19.4. The fourth-order valence-corrected chi connectivity index (χ4v) is 4.79. The molecule has 1 fully saturated rings. The normalized spacial score (nSPS) is 24.9. The largest absolute Gasteiger partial charge is 0.465 e. The van der Waals surface area contributed by atoms with Crippen LogP contribution in [0.4, 0.5) is 16.2 Å². The van der Waals surface area contributed by atoms with Gasteiger partial charge < -0.3 is 20.5 Å². The second-order valence-corrected chi connectivity index (χ2v) is 9.24. The van der Waals surface area contributed by atoms with Crippen LogP contribution in [0.25, 0.3) is 11.2 Å². The van der Waals surface area contributed by atoms with E-state index in [1.54, 1.807) is 25.5 Å². The zero-order valence-electron chi connectivity index (χ0n) is 17.7. The summed E-state index contributed by atoms with van der Waals surface area (Å²) in [5.41, 5.74) is 6.73. The SMILES string of the molecule is CCOC(=O)[C@@H](C)N[P+](=S)OC[C@]1(F)C[C@H](C)[C@H](n2cnc3c(NC)nc(N)nc32)O1. The molecule has 14 heteroatoms. The molecule has 0 aliphatic carbocycles. The van der Waals surface area contributed by atoms with Gasteiger partial charge in [-0.25, -0.2) is 9.37 Å². The molecule has 5 atom stereocenters. The van der Waals surface area contributed by atoms with Crippen LogP contribution in [-0.2, 0) is 30.6 Å². The lowest BCUT2D eigenvalue weighted by atomic mass is 10.1. The van der Waals surface area contributed by atoms with E-state index in [9.17, 15) is 4.79 Å². The zero-order chi connectivity index (χ0) is 22.8. The van der Waals surface area contributed by atoms with Gasteiger partial charge in [0.1, 0.15) is 12.3 Å². The lowest BCUT2D eigenvalue weighted by molar-refractivity contribution is -0.171. The van der Waals surface area contributed by atoms with E-state index >= 15 is 4.39 Å². The summed E-state index contributed by atoms with van der Waals surface area (Å²) >= 11 is 5.19. The maximum Gasteiger partial charge on any atom is 0.440 e. The maximum atomic E-state index is 15.4. The molecule has 0 bridgehead atoms. The van der Waals surface area contributed by atoms with Gasteiger partial charge in [0.2, 0.25) is 23.6 Å². The van der Waals surface area contributed by atoms with Crippen LogP contribution in [-0.4, -0.2) is 57.6 Å². The predicted octanol–water partition coefficient (Wildman–Crippen LogP) is 2.00. The van der Waals surface area contributed by atoms with E-state index in [2.05, 4.69) is 25.4 Å². The van der Waals surface area contributed by atoms with Crippen LogP contribution < -0.4 is 16.1 Å². The molecule has 0 saturated carbocycles. The number of halogens is 1. The van der Waals surface area contributed by atoms with Crippen molar-refractivity contribution in [2.75, 3.05) is 31.3 Å². The molecule has 31 heavy (non-hydrogen) atoms. The summed E-state index contributed by atoms with van der Waals surface area (Å²) in [7, 11) is 0.0212. The molecule has 1 unspecified atom stereocenters. The van der Waals surface area contributed by atoms with Gasteiger partial charge in [-0.15, -0.1) is 4.52 Å². The van der Waals surface area contributed by atoms with E-state index in [1.807, 2.05) is 6.92 Å². The highest BCUT2D eigenvalue weighted by Crippen LogP contribution is 2.44. The number of ether oxygens (including phenoxy) is 2. The molecule has 3 heterocycles. The third-order valence-corrected chi connectivity index (χ3v) is 6.33. The van der Waals surface area contributed by atoms with E-state index in [0.717, 1.165) is 0 Å². The molecule has 3 rings (SSSR count). The number of aromatic nitrogens is 4. The number of nitrogen functional groups attached to an aromatic ring is 1. The number of hydrogen-bond donors (Lipinski definition) is 3. The molecule has 170 valence electrons. The van der Waals surface area contributed by atoms with Crippen LogP contribution >= 0.6 is 7.07 Å². The van der Waals surface area contributed by atoms with Crippen LogP contribution in [0.3, 0.4) is 0 Å². The van der Waals surface area contributed by atoms with E-state index in [1.165, 1.54) is 6.33 Å². The van der Waals surface area contributed by atoms with Crippen molar-refractivity contribution in [2.45, 2.75) is 45.3 Å². The van der Waals surface area contributed by atoms with Gasteiger partial charge in [-0.2, -0.15) is 9.97 Å². The summed E-state index contributed by atoms with van der Waals surface area (Å²) in [6.07, 6.45) is 0.943. The lowest BCUT2D eigenvalue weighted by Gasteiger charge is -2.20. The number of hydrogen-bond acceptors (Lipinski definition) is 10. The first kappa shape index (κ1) is 23.6. The van der Waals surface area contributed by atoms with Crippen LogP contribution in [0.15, 0.2) is 6.33 Å². The summed E-state index contributed by atoms with van der Waals surface area (Å²) in [5, 5.41) is 5.72. The Balaban J connectivity index is 1.68. The third kappa shape index (κ3) is 5.24. The van der Waals surface area contributed by atoms with E-state index in [-0.39, 0.29) is 31.5 Å². The Labute approximate surface area is 184 Å². The fourth-order valence-electron chi connectivity index (χ4n) is 3.35. The number of nitrogens with two attached hydrogens (primary N) is 1. The standard InChI is InChI=1S/C17H26FN7O4PS/c1-5-27-15(26)10(3)24-30(31)28-7-17(18)6-9(2)14(29-17)25-8-21-11-12(20-4)22-16(19)23-13(11)25/h8-10,14H,5-7H2,1-4H3,(H,24,31)(H3,19,20,22,23)/q+1/t9-,10+,14+,17-/m0/s1. The van der Waals surface area contributed by atoms with Gasteiger partial charge in [0.25, 0.3) is 0 Å². The molecule has 0 spiro atoms. The van der Waals surface area contributed by atoms with Crippen molar-refractivity contribution in [1.29, 1.82) is 0 Å². The van der Waals surface area contributed by atoms with Gasteiger partial charge in [-0.3, -0.25) is 9.36 Å². The van der Waals surface area contributed by atoms with E-state index in [0.29, 0.717) is 17.0 Å². The number of nitrogens with zero attached hydrogens (tertiary/aromatic N) is 4. The highest BCUT2D eigenvalue weighted by molar-refractivity contribution is 8.02. The van der Waals surface area contributed by atoms with Gasteiger partial charge >= 0.3 is 13.0 Å². The molecule has 1 aliphatic rings. The van der Waals surface area contributed by atoms with Crippen molar-refractivity contribution >= 4 is 47.8 Å². The molecule has 2 aromatic heterocycles. The number of anilines is 2. The molecule has 4 N–H and O–H groups in total. The minimum absolute atomic E-state index is 0.0673. The predicted molar refractivity (Wildman–Crippen MR) is 116 cm³/mol. The summed E-state index contributed by atoms with van der Waals surface area (Å²) in [6.45, 7) is 5.06. The number of alkyl halides is 1. The average molecular weight is 474 g/mol. The number of rotatable bonds is 9.